The first-order valence-electron chi connectivity index (χ1n) is 4.78. The summed E-state index contributed by atoms with van der Waals surface area (Å²) in [7, 11) is 0. The van der Waals surface area contributed by atoms with Crippen molar-refractivity contribution >= 4 is 27.5 Å². The van der Waals surface area contributed by atoms with Gasteiger partial charge in [0.05, 0.1) is 5.69 Å². The Morgan fingerprint density at radius 1 is 1.56 bits per heavy atom. The van der Waals surface area contributed by atoms with Crippen LogP contribution in [0.4, 0.5) is 0 Å². The number of imidazole rings is 1. The Labute approximate surface area is 100 Å². The Hall–Kier alpha value is -1.43. The summed E-state index contributed by atoms with van der Waals surface area (Å²) >= 11 is 3.42. The van der Waals surface area contributed by atoms with Crippen molar-refractivity contribution in [1.29, 1.82) is 0 Å². The van der Waals surface area contributed by atoms with Crippen molar-refractivity contribution in [3.8, 4) is 0 Å². The van der Waals surface area contributed by atoms with Crippen LogP contribution in [-0.2, 0) is 0 Å². The van der Waals surface area contributed by atoms with E-state index in [4.69, 9.17) is 5.11 Å². The lowest BCUT2D eigenvalue weighted by Gasteiger charge is -1.99. The van der Waals surface area contributed by atoms with E-state index in [0.717, 1.165) is 10.3 Å². The van der Waals surface area contributed by atoms with Crippen LogP contribution in [0.3, 0.4) is 0 Å². The highest BCUT2D eigenvalue weighted by Crippen LogP contribution is 2.26. The van der Waals surface area contributed by atoms with Crippen LogP contribution in [0.5, 0.6) is 0 Å². The highest BCUT2D eigenvalue weighted by Gasteiger charge is 2.18. The number of aromatic carboxylic acids is 1. The average molecular weight is 284 g/mol. The average Bonchev–Trinajstić information content (AvgIpc) is 2.56. The Bertz CT molecular complexity index is 562. The third-order valence-electron chi connectivity index (χ3n) is 2.26. The topological polar surface area (TPSA) is 67.5 Å². The molecule has 0 aliphatic carbocycles. The van der Waals surface area contributed by atoms with Gasteiger partial charge in [-0.3, -0.25) is 4.40 Å². The summed E-state index contributed by atoms with van der Waals surface area (Å²) in [6.45, 7) is 4.00. The quantitative estimate of drug-likeness (QED) is 0.918. The molecule has 0 aliphatic rings. The Balaban J connectivity index is 2.80. The second-order valence-corrected chi connectivity index (χ2v) is 4.47. The van der Waals surface area contributed by atoms with Gasteiger partial charge in [0.2, 0.25) is 0 Å². The number of hydrogen-bond acceptors (Lipinski definition) is 3. The van der Waals surface area contributed by atoms with Crippen LogP contribution in [0.15, 0.2) is 17.0 Å². The van der Waals surface area contributed by atoms with Crippen LogP contribution < -0.4 is 0 Å². The summed E-state index contributed by atoms with van der Waals surface area (Å²) in [5.74, 6) is -0.852. The predicted octanol–water partition coefficient (Wildman–Crippen LogP) is 2.31. The molecule has 2 aromatic rings. The number of rotatable bonds is 2. The molecule has 5 nitrogen and oxygen atoms in total. The van der Waals surface area contributed by atoms with Gasteiger partial charge < -0.3 is 5.11 Å². The molecular weight excluding hydrogens is 274 g/mol. The summed E-state index contributed by atoms with van der Waals surface area (Å²) in [6, 6.07) is 0. The van der Waals surface area contributed by atoms with Gasteiger partial charge in [0, 0.05) is 12.4 Å². The van der Waals surface area contributed by atoms with E-state index >= 15 is 0 Å². The van der Waals surface area contributed by atoms with Crippen molar-refractivity contribution in [1.82, 2.24) is 14.4 Å². The van der Waals surface area contributed by atoms with Crippen LogP contribution in [0, 0.1) is 0 Å². The third-order valence-corrected chi connectivity index (χ3v) is 3.05. The van der Waals surface area contributed by atoms with E-state index in [1.807, 2.05) is 13.8 Å². The molecule has 0 fully saturated rings. The minimum absolute atomic E-state index is 0.0323. The van der Waals surface area contributed by atoms with E-state index < -0.39 is 5.97 Å². The molecular formula is C10H10BrN3O2. The first-order chi connectivity index (χ1) is 7.52. The normalized spacial score (nSPS) is 11.2. The Morgan fingerprint density at radius 3 is 2.81 bits per heavy atom. The zero-order valence-corrected chi connectivity index (χ0v) is 10.4. The van der Waals surface area contributed by atoms with E-state index in [0.29, 0.717) is 5.65 Å². The van der Waals surface area contributed by atoms with Gasteiger partial charge in [0.1, 0.15) is 4.60 Å². The summed E-state index contributed by atoms with van der Waals surface area (Å²) in [4.78, 5) is 19.1. The molecule has 0 spiro atoms. The first-order valence-corrected chi connectivity index (χ1v) is 5.57. The standard InChI is InChI=1S/C10H10BrN3O2/c1-5(2)6-8(11)14-4-3-12-7(10(15)16)9(14)13-6/h3-5H,1-2H3,(H,15,16). The molecule has 0 aromatic carbocycles. The van der Waals surface area contributed by atoms with Crippen molar-refractivity contribution < 1.29 is 9.90 Å². The van der Waals surface area contributed by atoms with Crippen molar-refractivity contribution in [3.05, 3.63) is 28.4 Å². The molecule has 84 valence electrons. The fraction of sp³-hybridized carbons (Fsp3) is 0.300. The fourth-order valence-electron chi connectivity index (χ4n) is 1.48. The second-order valence-electron chi connectivity index (χ2n) is 3.72. The van der Waals surface area contributed by atoms with Gasteiger partial charge in [-0.15, -0.1) is 0 Å². The summed E-state index contributed by atoms with van der Waals surface area (Å²) in [6.07, 6.45) is 3.14. The van der Waals surface area contributed by atoms with Gasteiger partial charge >= 0.3 is 5.97 Å². The monoisotopic (exact) mass is 283 g/mol. The largest absolute Gasteiger partial charge is 0.476 e. The molecule has 2 aromatic heterocycles. The number of carbonyl (C=O) groups is 1. The molecule has 0 atom stereocenters. The maximum Gasteiger partial charge on any atom is 0.358 e. The third kappa shape index (κ3) is 1.59. The molecule has 0 unspecified atom stereocenters. The summed E-state index contributed by atoms with van der Waals surface area (Å²) < 4.78 is 2.47. The van der Waals surface area contributed by atoms with E-state index in [1.54, 1.807) is 10.6 Å². The van der Waals surface area contributed by atoms with E-state index in [1.165, 1.54) is 6.20 Å². The Morgan fingerprint density at radius 2 is 2.25 bits per heavy atom. The van der Waals surface area contributed by atoms with Gasteiger partial charge in [0.15, 0.2) is 11.3 Å². The maximum absolute atomic E-state index is 11.0. The molecule has 6 heteroatoms. The molecule has 0 bridgehead atoms. The van der Waals surface area contributed by atoms with E-state index in [-0.39, 0.29) is 11.6 Å². The highest BCUT2D eigenvalue weighted by molar-refractivity contribution is 9.10. The van der Waals surface area contributed by atoms with Gasteiger partial charge in [-0.05, 0) is 21.8 Å². The number of hydrogen-bond donors (Lipinski definition) is 1. The molecule has 2 rings (SSSR count). The van der Waals surface area contributed by atoms with E-state index in [2.05, 4.69) is 25.9 Å². The zero-order chi connectivity index (χ0) is 11.9. The van der Waals surface area contributed by atoms with Crippen molar-refractivity contribution in [3.63, 3.8) is 0 Å². The minimum Gasteiger partial charge on any atom is -0.476 e. The predicted molar refractivity (Wildman–Crippen MR) is 61.7 cm³/mol. The first kappa shape index (κ1) is 11.1. The van der Waals surface area contributed by atoms with Crippen LogP contribution in [-0.4, -0.2) is 25.4 Å². The van der Waals surface area contributed by atoms with Gasteiger partial charge in [-0.2, -0.15) is 0 Å². The van der Waals surface area contributed by atoms with Gasteiger partial charge in [0.25, 0.3) is 0 Å². The second kappa shape index (κ2) is 3.86. The number of carboxylic acids is 1. The number of halogens is 1. The lowest BCUT2D eigenvalue weighted by molar-refractivity contribution is 0.0692. The number of fused-ring (bicyclic) bond motifs is 1. The fourth-order valence-corrected chi connectivity index (χ4v) is 2.32. The van der Waals surface area contributed by atoms with E-state index in [9.17, 15) is 4.79 Å². The maximum atomic E-state index is 11.0. The molecule has 0 saturated heterocycles. The minimum atomic E-state index is -1.07. The lowest BCUT2D eigenvalue weighted by atomic mass is 10.2. The molecule has 0 amide bonds. The summed E-state index contributed by atoms with van der Waals surface area (Å²) in [5.41, 5.74) is 1.16. The van der Waals surface area contributed by atoms with Crippen LogP contribution in [0.2, 0.25) is 0 Å². The van der Waals surface area contributed by atoms with Crippen molar-refractivity contribution in [2.45, 2.75) is 19.8 Å². The van der Waals surface area contributed by atoms with Crippen LogP contribution in [0.1, 0.15) is 35.9 Å². The number of carboxylic acid groups (broad SMARTS) is 1. The lowest BCUT2D eigenvalue weighted by Crippen LogP contribution is -2.03. The number of aromatic nitrogens is 3. The van der Waals surface area contributed by atoms with Crippen molar-refractivity contribution in [2.75, 3.05) is 0 Å². The van der Waals surface area contributed by atoms with Crippen LogP contribution >= 0.6 is 15.9 Å². The molecule has 16 heavy (non-hydrogen) atoms. The Kier molecular flexibility index (Phi) is 2.67. The van der Waals surface area contributed by atoms with Crippen LogP contribution in [0.25, 0.3) is 5.65 Å². The SMILES string of the molecule is CC(C)c1nc2c(C(=O)O)nccn2c1Br. The smallest absolute Gasteiger partial charge is 0.358 e. The number of nitrogens with zero attached hydrogens (tertiary/aromatic N) is 3. The van der Waals surface area contributed by atoms with Gasteiger partial charge in [-0.25, -0.2) is 14.8 Å². The summed E-state index contributed by atoms with van der Waals surface area (Å²) in [5, 5.41) is 8.99. The molecule has 0 radical (unpaired) electrons. The molecule has 0 aliphatic heterocycles. The molecule has 1 N–H and O–H groups in total. The van der Waals surface area contributed by atoms with Gasteiger partial charge in [-0.1, -0.05) is 13.8 Å². The molecule has 0 saturated carbocycles. The molecule has 2 heterocycles. The van der Waals surface area contributed by atoms with Crippen molar-refractivity contribution in [2.24, 2.45) is 0 Å². The zero-order valence-electron chi connectivity index (χ0n) is 8.81. The highest BCUT2D eigenvalue weighted by atomic mass is 79.9.